The SMILES string of the molecule is c1ccc(-c2cc(-c3ccccc3)cc(-c3ccc(-c4c5ccc6ccccc6c5nc5c4ccc4ccccc45)cc3)c2)cc1. The van der Waals surface area contributed by atoms with Gasteiger partial charge in [-0.15, -0.1) is 0 Å². The summed E-state index contributed by atoms with van der Waals surface area (Å²) in [6.07, 6.45) is 0. The Labute approximate surface area is 268 Å². The zero-order valence-corrected chi connectivity index (χ0v) is 25.2. The smallest absolute Gasteiger partial charge is 0.0794 e. The van der Waals surface area contributed by atoms with E-state index in [9.17, 15) is 0 Å². The monoisotopic (exact) mass is 583 g/mol. The molecule has 1 nitrogen and oxygen atoms in total. The highest BCUT2D eigenvalue weighted by molar-refractivity contribution is 6.21. The highest BCUT2D eigenvalue weighted by Gasteiger charge is 2.16. The highest BCUT2D eigenvalue weighted by atomic mass is 14.7. The molecule has 0 fully saturated rings. The van der Waals surface area contributed by atoms with Crippen LogP contribution >= 0.6 is 0 Å². The molecule has 0 N–H and O–H groups in total. The maximum atomic E-state index is 5.36. The Kier molecular flexibility index (Phi) is 6.21. The molecule has 0 aliphatic rings. The van der Waals surface area contributed by atoms with Crippen LogP contribution in [0.5, 0.6) is 0 Å². The number of pyridine rings is 1. The molecule has 46 heavy (non-hydrogen) atoms. The Bertz CT molecular complexity index is 2400. The van der Waals surface area contributed by atoms with Crippen LogP contribution in [0.25, 0.3) is 87.9 Å². The van der Waals surface area contributed by atoms with Crippen molar-refractivity contribution in [3.63, 3.8) is 0 Å². The van der Waals surface area contributed by atoms with Gasteiger partial charge in [-0.1, -0.05) is 158 Å². The van der Waals surface area contributed by atoms with Gasteiger partial charge in [-0.3, -0.25) is 0 Å². The molecule has 0 aliphatic carbocycles. The molecule has 214 valence electrons. The molecule has 0 bridgehead atoms. The largest absolute Gasteiger partial charge is 0.246 e. The third-order valence-corrected chi connectivity index (χ3v) is 9.22. The number of hydrogen-bond donors (Lipinski definition) is 0. The molecular formula is C45H29N. The van der Waals surface area contributed by atoms with Crippen LogP contribution in [0, 0.1) is 0 Å². The van der Waals surface area contributed by atoms with Gasteiger partial charge < -0.3 is 0 Å². The number of fused-ring (bicyclic) bond motifs is 6. The minimum Gasteiger partial charge on any atom is -0.246 e. The summed E-state index contributed by atoms with van der Waals surface area (Å²) in [6, 6.07) is 63.4. The Morgan fingerprint density at radius 3 is 1.13 bits per heavy atom. The predicted octanol–water partition coefficient (Wildman–Crippen LogP) is 12.4. The standard InChI is InChI=1S/C45H29N/c1-3-11-30(12-4-1)36-27-37(31-13-5-2-6-14-31)29-38(28-36)32-19-21-35(22-20-32)43-41-25-23-33-15-7-9-17-39(33)44(41)46-45-40-18-10-8-16-34(40)24-26-42(43)45/h1-29H. The normalized spacial score (nSPS) is 11.5. The van der Waals surface area contributed by atoms with Crippen LogP contribution in [0.15, 0.2) is 176 Å². The van der Waals surface area contributed by atoms with Gasteiger partial charge in [-0.2, -0.15) is 0 Å². The van der Waals surface area contributed by atoms with E-state index in [0.717, 1.165) is 11.0 Å². The fourth-order valence-corrected chi connectivity index (χ4v) is 6.94. The maximum Gasteiger partial charge on any atom is 0.0794 e. The van der Waals surface area contributed by atoms with Crippen molar-refractivity contribution in [1.82, 2.24) is 4.98 Å². The van der Waals surface area contributed by atoms with Crippen molar-refractivity contribution in [3.05, 3.63) is 176 Å². The molecule has 9 aromatic rings. The second-order valence-corrected chi connectivity index (χ2v) is 12.0. The van der Waals surface area contributed by atoms with Gasteiger partial charge in [0, 0.05) is 27.1 Å². The van der Waals surface area contributed by atoms with E-state index in [4.69, 9.17) is 4.98 Å². The third kappa shape index (κ3) is 4.45. The highest BCUT2D eigenvalue weighted by Crippen LogP contribution is 2.41. The van der Waals surface area contributed by atoms with Crippen molar-refractivity contribution in [2.45, 2.75) is 0 Å². The summed E-state index contributed by atoms with van der Waals surface area (Å²) in [5.41, 5.74) is 11.8. The number of nitrogens with zero attached hydrogens (tertiary/aromatic N) is 1. The molecule has 0 atom stereocenters. The van der Waals surface area contributed by atoms with E-state index in [2.05, 4.69) is 176 Å². The molecule has 0 aliphatic heterocycles. The van der Waals surface area contributed by atoms with Gasteiger partial charge in [0.25, 0.3) is 0 Å². The van der Waals surface area contributed by atoms with E-state index in [1.165, 1.54) is 76.8 Å². The predicted molar refractivity (Wildman–Crippen MR) is 196 cm³/mol. The van der Waals surface area contributed by atoms with Gasteiger partial charge in [0.2, 0.25) is 0 Å². The molecule has 9 rings (SSSR count). The lowest BCUT2D eigenvalue weighted by Gasteiger charge is -2.15. The van der Waals surface area contributed by atoms with Gasteiger partial charge in [0.05, 0.1) is 11.0 Å². The molecule has 1 aromatic heterocycles. The lowest BCUT2D eigenvalue weighted by atomic mass is 9.90. The van der Waals surface area contributed by atoms with Gasteiger partial charge >= 0.3 is 0 Å². The van der Waals surface area contributed by atoms with Crippen molar-refractivity contribution in [2.24, 2.45) is 0 Å². The van der Waals surface area contributed by atoms with E-state index >= 15 is 0 Å². The topological polar surface area (TPSA) is 12.9 Å². The van der Waals surface area contributed by atoms with Crippen molar-refractivity contribution in [3.8, 4) is 44.5 Å². The molecule has 0 radical (unpaired) electrons. The first-order valence-electron chi connectivity index (χ1n) is 15.8. The number of benzene rings is 8. The first-order chi connectivity index (χ1) is 22.8. The van der Waals surface area contributed by atoms with E-state index in [-0.39, 0.29) is 0 Å². The average molecular weight is 584 g/mol. The van der Waals surface area contributed by atoms with E-state index < -0.39 is 0 Å². The van der Waals surface area contributed by atoms with E-state index in [1.807, 2.05) is 0 Å². The Hall–Kier alpha value is -6.05. The van der Waals surface area contributed by atoms with E-state index in [1.54, 1.807) is 0 Å². The Balaban J connectivity index is 1.25. The van der Waals surface area contributed by atoms with Crippen LogP contribution in [-0.4, -0.2) is 4.98 Å². The summed E-state index contributed by atoms with van der Waals surface area (Å²) in [6.45, 7) is 0. The molecule has 0 saturated heterocycles. The zero-order chi connectivity index (χ0) is 30.5. The summed E-state index contributed by atoms with van der Waals surface area (Å²) >= 11 is 0. The van der Waals surface area contributed by atoms with Crippen molar-refractivity contribution >= 4 is 43.4 Å². The number of aromatic nitrogens is 1. The molecule has 0 saturated carbocycles. The molecule has 8 aromatic carbocycles. The average Bonchev–Trinajstić information content (AvgIpc) is 3.14. The fourth-order valence-electron chi connectivity index (χ4n) is 6.94. The fraction of sp³-hybridized carbons (Fsp3) is 0. The lowest BCUT2D eigenvalue weighted by Crippen LogP contribution is -1.92. The quantitative estimate of drug-likeness (QED) is 0.148. The minimum atomic E-state index is 1.05. The van der Waals surface area contributed by atoms with Crippen LogP contribution < -0.4 is 0 Å². The van der Waals surface area contributed by atoms with Crippen molar-refractivity contribution < 1.29 is 0 Å². The molecule has 1 heterocycles. The van der Waals surface area contributed by atoms with Crippen LogP contribution in [-0.2, 0) is 0 Å². The molecule has 1 heteroatoms. The molecular weight excluding hydrogens is 555 g/mol. The molecule has 0 unspecified atom stereocenters. The van der Waals surface area contributed by atoms with E-state index in [0.29, 0.717) is 0 Å². The summed E-state index contributed by atoms with van der Waals surface area (Å²) in [4.78, 5) is 5.36. The summed E-state index contributed by atoms with van der Waals surface area (Å²) in [5.74, 6) is 0. The van der Waals surface area contributed by atoms with Gasteiger partial charge in [0.15, 0.2) is 0 Å². The van der Waals surface area contributed by atoms with Crippen LogP contribution in [0.1, 0.15) is 0 Å². The van der Waals surface area contributed by atoms with Crippen LogP contribution in [0.4, 0.5) is 0 Å². The summed E-state index contributed by atoms with van der Waals surface area (Å²) in [5, 5.41) is 7.11. The summed E-state index contributed by atoms with van der Waals surface area (Å²) in [7, 11) is 0. The molecule has 0 spiro atoms. The van der Waals surface area contributed by atoms with Gasteiger partial charge in [0.1, 0.15) is 0 Å². The maximum absolute atomic E-state index is 5.36. The lowest BCUT2D eigenvalue weighted by molar-refractivity contribution is 1.53. The first kappa shape index (κ1) is 26.4. The molecule has 0 amide bonds. The minimum absolute atomic E-state index is 1.05. The second-order valence-electron chi connectivity index (χ2n) is 12.0. The second kappa shape index (κ2) is 10.8. The first-order valence-corrected chi connectivity index (χ1v) is 15.8. The van der Waals surface area contributed by atoms with Crippen molar-refractivity contribution in [2.75, 3.05) is 0 Å². The van der Waals surface area contributed by atoms with Crippen LogP contribution in [0.2, 0.25) is 0 Å². The van der Waals surface area contributed by atoms with Crippen molar-refractivity contribution in [1.29, 1.82) is 0 Å². The van der Waals surface area contributed by atoms with Crippen LogP contribution in [0.3, 0.4) is 0 Å². The zero-order valence-electron chi connectivity index (χ0n) is 25.2. The van der Waals surface area contributed by atoms with Gasteiger partial charge in [-0.05, 0) is 67.9 Å². The number of rotatable bonds is 4. The Morgan fingerprint density at radius 2 is 0.652 bits per heavy atom. The van der Waals surface area contributed by atoms with Gasteiger partial charge in [-0.25, -0.2) is 4.98 Å². The summed E-state index contributed by atoms with van der Waals surface area (Å²) < 4.78 is 0. The number of hydrogen-bond acceptors (Lipinski definition) is 1. The Morgan fingerprint density at radius 1 is 0.261 bits per heavy atom. The third-order valence-electron chi connectivity index (χ3n) is 9.22.